The van der Waals surface area contributed by atoms with Gasteiger partial charge < -0.3 is 20.5 Å². The van der Waals surface area contributed by atoms with Gasteiger partial charge in [-0.05, 0) is 43.3 Å². The maximum absolute atomic E-state index is 13.4. The van der Waals surface area contributed by atoms with Crippen LogP contribution in [0.1, 0.15) is 28.7 Å². The van der Waals surface area contributed by atoms with Crippen LogP contribution in [0.5, 0.6) is 0 Å². The van der Waals surface area contributed by atoms with E-state index in [0.717, 1.165) is 22.7 Å². The molecule has 1 aliphatic rings. The Kier molecular flexibility index (Phi) is 4.39. The number of fused-ring (bicyclic) bond motifs is 1. The highest BCUT2D eigenvalue weighted by Gasteiger charge is 2.28. The van der Waals surface area contributed by atoms with Crippen LogP contribution in [0.4, 0.5) is 10.2 Å². The average Bonchev–Trinajstić information content (AvgIpc) is 3.48. The predicted molar refractivity (Wildman–Crippen MR) is 113 cm³/mol. The smallest absolute Gasteiger partial charge is 0.274 e. The average molecular weight is 418 g/mol. The molecule has 4 heterocycles. The molecule has 3 N–H and O–H groups in total. The summed E-state index contributed by atoms with van der Waals surface area (Å²) in [4.78, 5) is 25.3. The van der Waals surface area contributed by atoms with E-state index in [1.165, 1.54) is 24.7 Å². The van der Waals surface area contributed by atoms with E-state index in [9.17, 15) is 9.18 Å². The lowest BCUT2D eigenvalue weighted by Gasteiger charge is -2.20. The summed E-state index contributed by atoms with van der Waals surface area (Å²) in [7, 11) is 1.97. The molecular formula is C21H19FN8O. The minimum absolute atomic E-state index is 0.0413. The van der Waals surface area contributed by atoms with Gasteiger partial charge >= 0.3 is 0 Å². The van der Waals surface area contributed by atoms with Gasteiger partial charge in [-0.25, -0.2) is 18.9 Å². The van der Waals surface area contributed by atoms with E-state index in [4.69, 9.17) is 5.10 Å². The Bertz CT molecular complexity index is 1290. The number of amides is 1. The van der Waals surface area contributed by atoms with Gasteiger partial charge in [0.05, 0.1) is 36.3 Å². The number of H-pyrrole nitrogens is 1. The van der Waals surface area contributed by atoms with Crippen molar-refractivity contribution >= 4 is 28.8 Å². The van der Waals surface area contributed by atoms with Crippen LogP contribution in [0.15, 0.2) is 55.1 Å². The van der Waals surface area contributed by atoms with Gasteiger partial charge in [0.2, 0.25) is 0 Å². The first kappa shape index (κ1) is 18.8. The third kappa shape index (κ3) is 3.37. The zero-order valence-electron chi connectivity index (χ0n) is 16.8. The topological polar surface area (TPSA) is 103 Å². The lowest BCUT2D eigenvalue weighted by molar-refractivity contribution is 0.102. The highest BCUT2D eigenvalue weighted by Crippen LogP contribution is 2.32. The summed E-state index contributed by atoms with van der Waals surface area (Å²) in [6, 6.07) is 10.1. The first-order valence-corrected chi connectivity index (χ1v) is 9.66. The third-order valence-corrected chi connectivity index (χ3v) is 5.20. The number of carbonyl (C=O) groups is 1. The van der Waals surface area contributed by atoms with Crippen molar-refractivity contribution in [2.24, 2.45) is 0 Å². The molecule has 0 bridgehead atoms. The number of nitrogens with zero attached hydrogens (tertiary/aromatic N) is 5. The fourth-order valence-corrected chi connectivity index (χ4v) is 3.52. The molecule has 0 radical (unpaired) electrons. The van der Waals surface area contributed by atoms with Crippen LogP contribution in [-0.2, 0) is 0 Å². The fourth-order valence-electron chi connectivity index (χ4n) is 3.52. The quantitative estimate of drug-likeness (QED) is 0.471. The SMILES string of the molecule is CC1NC(c2ccc(F)cc2)=C(c2ccc3nc(NC(=O)c4cnc[nH]4)cn3n2)N1C. The molecule has 0 fully saturated rings. The van der Waals surface area contributed by atoms with Crippen molar-refractivity contribution in [3.8, 4) is 0 Å². The van der Waals surface area contributed by atoms with E-state index < -0.39 is 0 Å². The van der Waals surface area contributed by atoms with E-state index in [1.54, 1.807) is 22.8 Å². The van der Waals surface area contributed by atoms with E-state index in [-0.39, 0.29) is 17.9 Å². The second kappa shape index (κ2) is 7.24. The molecule has 9 nitrogen and oxygen atoms in total. The number of carbonyl (C=O) groups excluding carboxylic acids is 1. The van der Waals surface area contributed by atoms with Gasteiger partial charge in [-0.1, -0.05) is 0 Å². The Morgan fingerprint density at radius 1 is 1.19 bits per heavy atom. The fraction of sp³-hybridized carbons (Fsp3) is 0.143. The van der Waals surface area contributed by atoms with Gasteiger partial charge in [-0.2, -0.15) is 5.10 Å². The Morgan fingerprint density at radius 2 is 2.00 bits per heavy atom. The summed E-state index contributed by atoms with van der Waals surface area (Å²) in [6.45, 7) is 2.04. The molecule has 156 valence electrons. The largest absolute Gasteiger partial charge is 0.363 e. The number of rotatable bonds is 4. The summed E-state index contributed by atoms with van der Waals surface area (Å²) in [5.74, 6) is -0.243. The summed E-state index contributed by atoms with van der Waals surface area (Å²) < 4.78 is 15.0. The van der Waals surface area contributed by atoms with Crippen LogP contribution in [0.25, 0.3) is 17.0 Å². The van der Waals surface area contributed by atoms with Gasteiger partial charge in [0.25, 0.3) is 5.91 Å². The van der Waals surface area contributed by atoms with Crippen molar-refractivity contribution in [2.45, 2.75) is 13.1 Å². The monoisotopic (exact) mass is 418 g/mol. The Balaban J connectivity index is 1.52. The van der Waals surface area contributed by atoms with Crippen molar-refractivity contribution in [1.82, 2.24) is 34.8 Å². The second-order valence-electron chi connectivity index (χ2n) is 7.23. The predicted octanol–water partition coefficient (Wildman–Crippen LogP) is 2.55. The van der Waals surface area contributed by atoms with E-state index in [0.29, 0.717) is 17.2 Å². The summed E-state index contributed by atoms with van der Waals surface area (Å²) in [5.41, 5.74) is 4.27. The number of imidazole rings is 2. The van der Waals surface area contributed by atoms with Gasteiger partial charge in [0.1, 0.15) is 17.2 Å². The van der Waals surface area contributed by atoms with Crippen LogP contribution in [0.2, 0.25) is 0 Å². The molecule has 1 unspecified atom stereocenters. The molecule has 1 aromatic carbocycles. The summed E-state index contributed by atoms with van der Waals surface area (Å²) >= 11 is 0. The highest BCUT2D eigenvalue weighted by atomic mass is 19.1. The molecule has 3 aromatic heterocycles. The maximum atomic E-state index is 13.4. The summed E-state index contributed by atoms with van der Waals surface area (Å²) in [6.07, 6.45) is 4.57. The number of aromatic nitrogens is 5. The first-order valence-electron chi connectivity index (χ1n) is 9.66. The van der Waals surface area contributed by atoms with Gasteiger partial charge in [0, 0.05) is 12.6 Å². The molecule has 5 rings (SSSR count). The molecule has 10 heteroatoms. The zero-order valence-corrected chi connectivity index (χ0v) is 16.8. The molecule has 0 saturated heterocycles. The zero-order chi connectivity index (χ0) is 21.5. The second-order valence-corrected chi connectivity index (χ2v) is 7.23. The molecule has 4 aromatic rings. The van der Waals surface area contributed by atoms with E-state index in [1.807, 2.05) is 26.1 Å². The number of benzene rings is 1. The van der Waals surface area contributed by atoms with Crippen LogP contribution in [0, 0.1) is 5.82 Å². The van der Waals surface area contributed by atoms with E-state index >= 15 is 0 Å². The Morgan fingerprint density at radius 3 is 2.74 bits per heavy atom. The molecule has 1 amide bonds. The highest BCUT2D eigenvalue weighted by molar-refractivity contribution is 6.02. The molecule has 31 heavy (non-hydrogen) atoms. The standard InChI is InChI=1S/C21H19FN8O/c1-12-25-19(13-3-5-14(22)6-4-13)20(29(12)2)15-7-8-18-26-17(10-30(18)28-15)27-21(31)16-9-23-11-24-16/h3-12,25H,1-2H3,(H,23,24)(H,27,31). The van der Waals surface area contributed by atoms with Crippen molar-refractivity contribution in [1.29, 1.82) is 0 Å². The Labute approximate surface area is 176 Å². The molecule has 0 aliphatic carbocycles. The minimum atomic E-state index is -0.337. The molecule has 0 spiro atoms. The van der Waals surface area contributed by atoms with Crippen LogP contribution < -0.4 is 10.6 Å². The number of aromatic amines is 1. The molecule has 0 saturated carbocycles. The van der Waals surface area contributed by atoms with Crippen LogP contribution in [-0.4, -0.2) is 48.6 Å². The van der Waals surface area contributed by atoms with Gasteiger partial charge in [-0.3, -0.25) is 4.79 Å². The van der Waals surface area contributed by atoms with Crippen molar-refractivity contribution < 1.29 is 9.18 Å². The van der Waals surface area contributed by atoms with Crippen molar-refractivity contribution in [3.05, 3.63) is 77.9 Å². The van der Waals surface area contributed by atoms with Gasteiger partial charge in [-0.15, -0.1) is 0 Å². The Hall–Kier alpha value is -4.21. The van der Waals surface area contributed by atoms with Crippen LogP contribution in [0.3, 0.4) is 0 Å². The van der Waals surface area contributed by atoms with Crippen LogP contribution >= 0.6 is 0 Å². The number of hydrogen-bond acceptors (Lipinski definition) is 6. The molecule has 1 atom stereocenters. The van der Waals surface area contributed by atoms with Crippen molar-refractivity contribution in [2.75, 3.05) is 12.4 Å². The minimum Gasteiger partial charge on any atom is -0.363 e. The number of halogens is 1. The third-order valence-electron chi connectivity index (χ3n) is 5.20. The molecule has 1 aliphatic heterocycles. The first-order chi connectivity index (χ1) is 15.0. The van der Waals surface area contributed by atoms with E-state index in [2.05, 4.69) is 30.5 Å². The normalized spacial score (nSPS) is 16.1. The van der Waals surface area contributed by atoms with Gasteiger partial charge in [0.15, 0.2) is 11.5 Å². The number of anilines is 1. The lowest BCUT2D eigenvalue weighted by atomic mass is 10.1. The lowest BCUT2D eigenvalue weighted by Crippen LogP contribution is -2.31. The number of hydrogen-bond donors (Lipinski definition) is 3. The number of nitrogens with one attached hydrogen (secondary N) is 3. The maximum Gasteiger partial charge on any atom is 0.274 e. The van der Waals surface area contributed by atoms with Crippen molar-refractivity contribution in [3.63, 3.8) is 0 Å². The molecular weight excluding hydrogens is 399 g/mol. The summed E-state index contributed by atoms with van der Waals surface area (Å²) in [5, 5.41) is 10.9.